The molecule has 0 amide bonds. The number of hydrogen-bond donors (Lipinski definition) is 0. The van der Waals surface area contributed by atoms with Gasteiger partial charge in [0.2, 0.25) is 0 Å². The summed E-state index contributed by atoms with van der Waals surface area (Å²) in [6.45, 7) is 5.03. The first-order chi connectivity index (χ1) is 3.91. The van der Waals surface area contributed by atoms with E-state index in [9.17, 15) is 0 Å². The minimum atomic E-state index is 0. The van der Waals surface area contributed by atoms with E-state index < -0.39 is 0 Å². The summed E-state index contributed by atoms with van der Waals surface area (Å²) in [5.74, 6) is 1.19. The van der Waals surface area contributed by atoms with Gasteiger partial charge >= 0.3 is 0 Å². The van der Waals surface area contributed by atoms with Crippen molar-refractivity contribution in [3.05, 3.63) is 14.4 Å². The molecule has 72 valence electrons. The van der Waals surface area contributed by atoms with Gasteiger partial charge in [-0.1, -0.05) is 6.61 Å². The predicted octanol–water partition coefficient (Wildman–Crippen LogP) is 2.04. The van der Waals surface area contributed by atoms with Crippen LogP contribution in [0.15, 0.2) is 0 Å². The quantitative estimate of drug-likeness (QED) is 0.372. The molecule has 0 atom stereocenters. The van der Waals surface area contributed by atoms with Gasteiger partial charge in [-0.25, -0.2) is 0 Å². The summed E-state index contributed by atoms with van der Waals surface area (Å²) in [5, 5.41) is 0. The first-order valence-electron chi connectivity index (χ1n) is 2.77. The molecule has 0 fully saturated rings. The Morgan fingerprint density at radius 3 is 2.36 bits per heavy atom. The summed E-state index contributed by atoms with van der Waals surface area (Å²) in [6, 6.07) is 0. The molecule has 0 bridgehead atoms. The minimum Gasteiger partial charge on any atom is -0.413 e. The van der Waals surface area contributed by atoms with Crippen LogP contribution in [0.4, 0.5) is 0 Å². The van der Waals surface area contributed by atoms with Crippen LogP contribution in [0.25, 0.3) is 0 Å². The van der Waals surface area contributed by atoms with Crippen LogP contribution >= 0.6 is 11.8 Å². The molecule has 4 heteroatoms. The number of thioether (sulfide) groups is 1. The van der Waals surface area contributed by atoms with E-state index in [1.807, 2.05) is 11.8 Å². The van der Waals surface area contributed by atoms with Gasteiger partial charge in [0, 0.05) is 61.7 Å². The number of hydrogen-bond acceptors (Lipinski definition) is 2. The van der Waals surface area contributed by atoms with Crippen molar-refractivity contribution in [2.75, 3.05) is 25.2 Å². The Kier molecular flexibility index (Phi) is 47.9. The molecule has 0 aliphatic rings. The van der Waals surface area contributed by atoms with Crippen LogP contribution in [0.2, 0.25) is 0 Å². The van der Waals surface area contributed by atoms with Crippen molar-refractivity contribution in [2.24, 2.45) is 0 Å². The molecule has 0 aliphatic heterocycles. The van der Waals surface area contributed by atoms with Crippen LogP contribution in [-0.2, 0) is 59.8 Å². The Labute approximate surface area is 116 Å². The fourth-order valence-corrected chi connectivity index (χ4v) is 0.814. The van der Waals surface area contributed by atoms with Crippen LogP contribution in [0.3, 0.4) is 0 Å². The van der Waals surface area contributed by atoms with Crippen molar-refractivity contribution in [3.63, 3.8) is 0 Å². The Morgan fingerprint density at radius 2 is 2.00 bits per heavy atom. The normalized spacial score (nSPS) is 7.09. The minimum absolute atomic E-state index is 0. The number of ether oxygens (including phenoxy) is 1. The molecule has 0 saturated carbocycles. The molecule has 0 aromatic carbocycles. The summed E-state index contributed by atoms with van der Waals surface area (Å²) in [5.41, 5.74) is 0. The molecule has 11 heavy (non-hydrogen) atoms. The Hall–Kier alpha value is 2.15. The predicted molar refractivity (Wildman–Crippen MR) is 45.6 cm³/mol. The molecule has 1 nitrogen and oxygen atoms in total. The van der Waals surface area contributed by atoms with Crippen LogP contribution in [0, 0.1) is 14.4 Å². The molecule has 0 aromatic rings. The van der Waals surface area contributed by atoms with Gasteiger partial charge in [-0.05, 0) is 18.4 Å². The van der Waals surface area contributed by atoms with Gasteiger partial charge in [-0.2, -0.15) is 11.8 Å². The van der Waals surface area contributed by atoms with Crippen molar-refractivity contribution in [1.82, 2.24) is 0 Å². The van der Waals surface area contributed by atoms with Crippen molar-refractivity contribution in [1.29, 1.82) is 0 Å². The number of rotatable bonds is 5. The van der Waals surface area contributed by atoms with Crippen molar-refractivity contribution < 1.29 is 59.8 Å². The monoisotopic (exact) mass is 434 g/mol. The van der Waals surface area contributed by atoms with Gasteiger partial charge in [-0.3, -0.25) is 0 Å². The van der Waals surface area contributed by atoms with E-state index in [1.165, 1.54) is 5.75 Å². The SMILES string of the molecule is [Au].[CH2-]COCCCSC.[CH3-].[Y]. The van der Waals surface area contributed by atoms with Gasteiger partial charge in [0.25, 0.3) is 0 Å². The third-order valence-electron chi connectivity index (χ3n) is 0.781. The second-order valence-corrected chi connectivity index (χ2v) is 2.44. The average molecular weight is 434 g/mol. The van der Waals surface area contributed by atoms with Crippen LogP contribution in [0.5, 0.6) is 0 Å². The van der Waals surface area contributed by atoms with Crippen molar-refractivity contribution >= 4 is 11.8 Å². The van der Waals surface area contributed by atoms with E-state index >= 15 is 0 Å². The standard InChI is InChI=1S/C6H13OS.CH3.Au.Y/c1-3-7-5-4-6-8-2;;;/h1,3-6H2,2H3;1H3;;/q2*-1;;. The maximum Gasteiger partial charge on any atom is 0.0438 e. The van der Waals surface area contributed by atoms with Gasteiger partial charge in [0.15, 0.2) is 0 Å². The van der Waals surface area contributed by atoms with E-state index in [1.54, 1.807) is 0 Å². The van der Waals surface area contributed by atoms with E-state index in [2.05, 4.69) is 13.2 Å². The first-order valence-corrected chi connectivity index (χ1v) is 4.17. The van der Waals surface area contributed by atoms with E-state index in [-0.39, 0.29) is 62.5 Å². The summed E-state index contributed by atoms with van der Waals surface area (Å²) in [6.07, 6.45) is 3.25. The summed E-state index contributed by atoms with van der Waals surface area (Å²) >= 11 is 1.85. The van der Waals surface area contributed by atoms with Gasteiger partial charge < -0.3 is 19.1 Å². The van der Waals surface area contributed by atoms with Gasteiger partial charge in [0.1, 0.15) is 0 Å². The molecule has 0 saturated heterocycles. The molecule has 0 heterocycles. The fraction of sp³-hybridized carbons (Fsp3) is 0.714. The molecule has 0 rings (SSSR count). The molecule has 0 aliphatic carbocycles. The smallest absolute Gasteiger partial charge is 0.0438 e. The van der Waals surface area contributed by atoms with E-state index in [4.69, 9.17) is 4.74 Å². The maximum atomic E-state index is 5.01. The zero-order chi connectivity index (χ0) is 6.24. The summed E-state index contributed by atoms with van der Waals surface area (Å²) in [7, 11) is 0. The van der Waals surface area contributed by atoms with E-state index in [0.717, 1.165) is 13.0 Å². The third-order valence-corrected chi connectivity index (χ3v) is 1.48. The second kappa shape index (κ2) is 22.7. The fourth-order valence-electron chi connectivity index (χ4n) is 0.407. The second-order valence-electron chi connectivity index (χ2n) is 1.46. The van der Waals surface area contributed by atoms with Gasteiger partial charge in [0.05, 0.1) is 0 Å². The third kappa shape index (κ3) is 24.5. The molecular formula is C7H16AuOSY-2. The Bertz CT molecular complexity index is 43.4. The molecule has 0 spiro atoms. The van der Waals surface area contributed by atoms with Gasteiger partial charge in [-0.15, -0.1) is 0 Å². The topological polar surface area (TPSA) is 9.23 Å². The zero-order valence-corrected chi connectivity index (χ0v) is 13.1. The molecule has 0 N–H and O–H groups in total. The van der Waals surface area contributed by atoms with Crippen LogP contribution < -0.4 is 0 Å². The van der Waals surface area contributed by atoms with Crippen molar-refractivity contribution in [3.8, 4) is 0 Å². The van der Waals surface area contributed by atoms with Crippen molar-refractivity contribution in [2.45, 2.75) is 6.42 Å². The molecule has 2 radical (unpaired) electrons. The molecular weight excluding hydrogens is 418 g/mol. The average Bonchev–Trinajstić information content (AvgIpc) is 1.81. The maximum absolute atomic E-state index is 5.01. The van der Waals surface area contributed by atoms with E-state index in [0.29, 0.717) is 6.61 Å². The molecule has 0 aromatic heterocycles. The Balaban J connectivity index is -0.0000000817. The zero-order valence-electron chi connectivity index (χ0n) is 7.23. The summed E-state index contributed by atoms with van der Waals surface area (Å²) in [4.78, 5) is 0. The summed E-state index contributed by atoms with van der Waals surface area (Å²) < 4.78 is 5.01. The van der Waals surface area contributed by atoms with Crippen LogP contribution in [-0.4, -0.2) is 25.2 Å². The molecule has 0 unspecified atom stereocenters. The van der Waals surface area contributed by atoms with Crippen LogP contribution in [0.1, 0.15) is 6.42 Å². The largest absolute Gasteiger partial charge is 0.413 e. The Morgan fingerprint density at radius 1 is 1.45 bits per heavy atom. The first kappa shape index (κ1) is 23.2.